The first-order chi connectivity index (χ1) is 11.5. The Hall–Kier alpha value is -2.62. The van der Waals surface area contributed by atoms with Crippen molar-refractivity contribution in [3.05, 3.63) is 65.2 Å². The van der Waals surface area contributed by atoms with Crippen molar-refractivity contribution >= 4 is 18.0 Å². The van der Waals surface area contributed by atoms with E-state index in [0.29, 0.717) is 0 Å². The Bertz CT molecular complexity index is 751. The van der Waals surface area contributed by atoms with Crippen LogP contribution in [-0.4, -0.2) is 18.9 Å². The normalized spacial score (nSPS) is 15.6. The van der Waals surface area contributed by atoms with Crippen molar-refractivity contribution in [3.63, 3.8) is 0 Å². The summed E-state index contributed by atoms with van der Waals surface area (Å²) < 4.78 is 5.23. The molecule has 1 aliphatic heterocycles. The molecule has 4 nitrogen and oxygen atoms in total. The van der Waals surface area contributed by atoms with Gasteiger partial charge in [0.1, 0.15) is 6.61 Å². The van der Waals surface area contributed by atoms with Crippen LogP contribution in [0.4, 0.5) is 10.5 Å². The van der Waals surface area contributed by atoms with Crippen molar-refractivity contribution in [3.8, 4) is 0 Å². The van der Waals surface area contributed by atoms with E-state index in [1.54, 1.807) is 0 Å². The van der Waals surface area contributed by atoms with E-state index in [-0.39, 0.29) is 12.0 Å². The third kappa shape index (κ3) is 3.82. The molecule has 4 heteroatoms. The van der Waals surface area contributed by atoms with Gasteiger partial charge in [-0.05, 0) is 34.6 Å². The summed E-state index contributed by atoms with van der Waals surface area (Å²) in [6.45, 7) is 5.69. The summed E-state index contributed by atoms with van der Waals surface area (Å²) in [5.74, 6) is 0. The van der Waals surface area contributed by atoms with Gasteiger partial charge in [0, 0.05) is 18.4 Å². The van der Waals surface area contributed by atoms with Crippen molar-refractivity contribution in [2.45, 2.75) is 32.3 Å². The molecule has 1 heterocycles. The fourth-order valence-corrected chi connectivity index (χ4v) is 2.91. The molecule has 0 atom stereocenters. The third-order valence-electron chi connectivity index (χ3n) is 4.36. The highest BCUT2D eigenvalue weighted by Gasteiger charge is 2.27. The quantitative estimate of drug-likeness (QED) is 0.844. The first-order valence-electron chi connectivity index (χ1n) is 8.18. The minimum Gasteiger partial charge on any atom is -0.443 e. The first kappa shape index (κ1) is 16.2. The van der Waals surface area contributed by atoms with E-state index < -0.39 is 6.09 Å². The number of aliphatic imine (C=N–C) groups is 1. The van der Waals surface area contributed by atoms with Crippen molar-refractivity contribution in [1.29, 1.82) is 0 Å². The summed E-state index contributed by atoms with van der Waals surface area (Å²) >= 11 is 0. The second-order valence-electron chi connectivity index (χ2n) is 6.66. The molecule has 0 aromatic heterocycles. The number of benzene rings is 2. The largest absolute Gasteiger partial charge is 0.443 e. The van der Waals surface area contributed by atoms with E-state index in [4.69, 9.17) is 4.74 Å². The number of nitrogens with one attached hydrogen (secondary N) is 1. The molecule has 24 heavy (non-hydrogen) atoms. The number of carbonyl (C=O) groups excluding carboxylic acids is 1. The summed E-state index contributed by atoms with van der Waals surface area (Å²) in [6, 6.07) is 15.7. The highest BCUT2D eigenvalue weighted by atomic mass is 16.5. The SMILES string of the molecule is CC1(C)CCNc2cc(COC(=O)N=Cc3ccccc3)ccc21. The maximum absolute atomic E-state index is 11.7. The van der Waals surface area contributed by atoms with E-state index in [9.17, 15) is 4.79 Å². The maximum Gasteiger partial charge on any atom is 0.433 e. The van der Waals surface area contributed by atoms with Gasteiger partial charge in [-0.2, -0.15) is 4.99 Å². The van der Waals surface area contributed by atoms with Gasteiger partial charge < -0.3 is 10.1 Å². The van der Waals surface area contributed by atoms with Crippen molar-refractivity contribution in [2.24, 2.45) is 4.99 Å². The minimum absolute atomic E-state index is 0.176. The molecule has 2 aromatic carbocycles. The van der Waals surface area contributed by atoms with Crippen LogP contribution < -0.4 is 5.32 Å². The molecule has 1 amide bonds. The van der Waals surface area contributed by atoms with Crippen molar-refractivity contribution < 1.29 is 9.53 Å². The Balaban J connectivity index is 1.61. The van der Waals surface area contributed by atoms with Gasteiger partial charge in [0.05, 0.1) is 0 Å². The Morgan fingerprint density at radius 1 is 1.25 bits per heavy atom. The van der Waals surface area contributed by atoms with Gasteiger partial charge in [-0.25, -0.2) is 4.79 Å². The highest BCUT2D eigenvalue weighted by molar-refractivity contribution is 5.88. The highest BCUT2D eigenvalue weighted by Crippen LogP contribution is 2.36. The van der Waals surface area contributed by atoms with E-state index in [1.165, 1.54) is 11.8 Å². The summed E-state index contributed by atoms with van der Waals surface area (Å²) in [6.07, 6.45) is 2.05. The molecule has 0 saturated heterocycles. The predicted octanol–water partition coefficient (Wildman–Crippen LogP) is 4.54. The zero-order valence-electron chi connectivity index (χ0n) is 14.1. The lowest BCUT2D eigenvalue weighted by atomic mass is 9.78. The van der Waals surface area contributed by atoms with Crippen LogP contribution >= 0.6 is 0 Å². The van der Waals surface area contributed by atoms with E-state index >= 15 is 0 Å². The number of fused-ring (bicyclic) bond motifs is 1. The second-order valence-corrected chi connectivity index (χ2v) is 6.66. The van der Waals surface area contributed by atoms with Crippen molar-refractivity contribution in [2.75, 3.05) is 11.9 Å². The molecule has 3 rings (SSSR count). The number of hydrogen-bond acceptors (Lipinski definition) is 3. The van der Waals surface area contributed by atoms with Gasteiger partial charge in [0.25, 0.3) is 0 Å². The summed E-state index contributed by atoms with van der Waals surface area (Å²) in [5.41, 5.74) is 4.45. The Morgan fingerprint density at radius 2 is 2.04 bits per heavy atom. The number of ether oxygens (including phenoxy) is 1. The van der Waals surface area contributed by atoms with Crippen LogP contribution in [0.15, 0.2) is 53.5 Å². The van der Waals surface area contributed by atoms with Gasteiger partial charge in [-0.3, -0.25) is 0 Å². The number of anilines is 1. The Kier molecular flexibility index (Phi) is 4.65. The van der Waals surface area contributed by atoms with Crippen molar-refractivity contribution in [1.82, 2.24) is 0 Å². The van der Waals surface area contributed by atoms with Crippen LogP contribution in [0.3, 0.4) is 0 Å². The van der Waals surface area contributed by atoms with Crippen LogP contribution in [0.25, 0.3) is 0 Å². The number of nitrogens with zero attached hydrogens (tertiary/aromatic N) is 1. The Labute approximate surface area is 142 Å². The second kappa shape index (κ2) is 6.87. The van der Waals surface area contributed by atoms with Crippen LogP contribution in [0.1, 0.15) is 37.0 Å². The van der Waals surface area contributed by atoms with Crippen LogP contribution in [-0.2, 0) is 16.8 Å². The van der Waals surface area contributed by atoms with E-state index in [2.05, 4.69) is 36.3 Å². The fraction of sp³-hybridized carbons (Fsp3) is 0.300. The number of amides is 1. The number of hydrogen-bond donors (Lipinski definition) is 1. The molecule has 0 saturated carbocycles. The molecule has 0 spiro atoms. The van der Waals surface area contributed by atoms with Gasteiger partial charge in [-0.1, -0.05) is 56.3 Å². The first-order valence-corrected chi connectivity index (χ1v) is 8.18. The molecular formula is C20H22N2O2. The summed E-state index contributed by atoms with van der Waals surface area (Å²) in [7, 11) is 0. The zero-order valence-corrected chi connectivity index (χ0v) is 14.1. The van der Waals surface area contributed by atoms with Gasteiger partial charge >= 0.3 is 6.09 Å². The average Bonchev–Trinajstić information content (AvgIpc) is 2.58. The van der Waals surface area contributed by atoms with E-state index in [1.807, 2.05) is 36.4 Å². The van der Waals surface area contributed by atoms with Crippen LogP contribution in [0.5, 0.6) is 0 Å². The smallest absolute Gasteiger partial charge is 0.433 e. The molecule has 124 valence electrons. The van der Waals surface area contributed by atoms with Gasteiger partial charge in [0.15, 0.2) is 0 Å². The minimum atomic E-state index is -0.579. The third-order valence-corrected chi connectivity index (χ3v) is 4.36. The molecule has 0 radical (unpaired) electrons. The lowest BCUT2D eigenvalue weighted by Crippen LogP contribution is -2.28. The zero-order chi connectivity index (χ0) is 17.0. The standard InChI is InChI=1S/C20H22N2O2/c1-20(2)10-11-21-18-12-16(8-9-17(18)20)14-24-19(23)22-13-15-6-4-3-5-7-15/h3-9,12-13,21H,10-11,14H2,1-2H3. The predicted molar refractivity (Wildman–Crippen MR) is 96.8 cm³/mol. The van der Waals surface area contributed by atoms with Gasteiger partial charge in [0.2, 0.25) is 0 Å². The Morgan fingerprint density at radius 3 is 2.83 bits per heavy atom. The summed E-state index contributed by atoms with van der Waals surface area (Å²) in [5, 5.41) is 3.42. The lowest BCUT2D eigenvalue weighted by molar-refractivity contribution is 0.151. The fourth-order valence-electron chi connectivity index (χ4n) is 2.91. The topological polar surface area (TPSA) is 50.7 Å². The molecule has 0 unspecified atom stereocenters. The van der Waals surface area contributed by atoms with E-state index in [0.717, 1.165) is 29.8 Å². The monoisotopic (exact) mass is 322 g/mol. The molecular weight excluding hydrogens is 300 g/mol. The molecule has 1 N–H and O–H groups in total. The average molecular weight is 322 g/mol. The van der Waals surface area contributed by atoms with Crippen LogP contribution in [0.2, 0.25) is 0 Å². The van der Waals surface area contributed by atoms with Crippen LogP contribution in [0, 0.1) is 0 Å². The molecule has 0 bridgehead atoms. The molecule has 0 aliphatic carbocycles. The molecule has 1 aliphatic rings. The number of carbonyl (C=O) groups is 1. The number of rotatable bonds is 3. The van der Waals surface area contributed by atoms with Gasteiger partial charge in [-0.15, -0.1) is 0 Å². The lowest BCUT2D eigenvalue weighted by Gasteiger charge is -2.33. The maximum atomic E-state index is 11.7. The molecule has 2 aromatic rings. The molecule has 0 fully saturated rings. The summed E-state index contributed by atoms with van der Waals surface area (Å²) in [4.78, 5) is 15.6.